The second-order valence-electron chi connectivity index (χ2n) is 9.53. The van der Waals surface area contributed by atoms with E-state index >= 15 is 4.39 Å². The zero-order chi connectivity index (χ0) is 24.9. The Hall–Kier alpha value is -2.74. The number of piperazine rings is 1. The minimum absolute atomic E-state index is 0.0415. The molecule has 182 valence electrons. The van der Waals surface area contributed by atoms with Crippen LogP contribution in [0.15, 0.2) is 43.0 Å². The molecule has 0 radical (unpaired) electrons. The number of fused-ring (bicyclic) bond motifs is 2. The first-order valence-corrected chi connectivity index (χ1v) is 12.8. The summed E-state index contributed by atoms with van der Waals surface area (Å²) in [6.45, 7) is 9.53. The van der Waals surface area contributed by atoms with Crippen molar-refractivity contribution in [2.24, 2.45) is 5.92 Å². The molecule has 1 amide bonds. The van der Waals surface area contributed by atoms with Gasteiger partial charge in [-0.1, -0.05) is 62.4 Å². The van der Waals surface area contributed by atoms with Crippen LogP contribution in [-0.2, 0) is 10.4 Å². The van der Waals surface area contributed by atoms with Crippen LogP contribution in [0.2, 0.25) is 5.02 Å². The number of carbonyl (C=O) groups is 1. The van der Waals surface area contributed by atoms with Crippen LogP contribution in [0.1, 0.15) is 25.8 Å². The van der Waals surface area contributed by atoms with Gasteiger partial charge in [-0.3, -0.25) is 4.79 Å². The first kappa shape index (κ1) is 24.0. The minimum Gasteiger partial charge on any atom is -0.380 e. The Labute approximate surface area is 212 Å². The van der Waals surface area contributed by atoms with E-state index in [0.717, 1.165) is 15.4 Å². The lowest BCUT2D eigenvalue weighted by atomic mass is 9.85. The van der Waals surface area contributed by atoms with Gasteiger partial charge in [-0.15, -0.1) is 0 Å². The largest absolute Gasteiger partial charge is 0.380 e. The molecule has 0 saturated carbocycles. The van der Waals surface area contributed by atoms with Crippen molar-refractivity contribution in [3.63, 3.8) is 0 Å². The van der Waals surface area contributed by atoms with Crippen molar-refractivity contribution >= 4 is 57.1 Å². The zero-order valence-electron chi connectivity index (χ0n) is 19.7. The molecular weight excluding hydrogens is 485 g/mol. The van der Waals surface area contributed by atoms with Gasteiger partial charge in [0.15, 0.2) is 5.82 Å². The van der Waals surface area contributed by atoms with Gasteiger partial charge in [0.2, 0.25) is 5.91 Å². The molecule has 2 aliphatic rings. The van der Waals surface area contributed by atoms with Crippen molar-refractivity contribution in [3.05, 3.63) is 69.8 Å². The molecule has 0 spiro atoms. The lowest BCUT2D eigenvalue weighted by molar-refractivity contribution is -0.126. The van der Waals surface area contributed by atoms with E-state index in [1.165, 1.54) is 17.6 Å². The molecule has 5 nitrogen and oxygen atoms in total. The molecular formula is C27H27ClFN3O2S. The Morgan fingerprint density at radius 1 is 1.34 bits per heavy atom. The monoisotopic (exact) mass is 511 g/mol. The summed E-state index contributed by atoms with van der Waals surface area (Å²) < 4.78 is 20.4. The third kappa shape index (κ3) is 4.05. The molecule has 1 aromatic heterocycles. The quantitative estimate of drug-likeness (QED) is 0.541. The standard InChI is InChI=1S/C27H27ClFN3O2S/c1-4-22(33)31-11-12-32(21(15-31)16(2)3)26-19-13-20(28)23(24(29)25(19)30-35-26)27(34)10-9-17-7-5-6-8-18(17)14-27/h4-9,13-14,16,21,34H,1,10-12,15H2,2-3H3. The summed E-state index contributed by atoms with van der Waals surface area (Å²) in [6.07, 6.45) is 5.14. The number of anilines is 1. The molecule has 1 saturated heterocycles. The van der Waals surface area contributed by atoms with Crippen LogP contribution in [0.3, 0.4) is 0 Å². The van der Waals surface area contributed by atoms with E-state index in [0.29, 0.717) is 25.0 Å². The maximum absolute atomic E-state index is 16.0. The van der Waals surface area contributed by atoms with Crippen LogP contribution in [0, 0.1) is 11.7 Å². The smallest absolute Gasteiger partial charge is 0.246 e. The number of carbonyl (C=O) groups excluding carboxylic acids is 1. The Balaban J connectivity index is 1.57. The normalized spacial score (nSPS) is 22.1. The van der Waals surface area contributed by atoms with Crippen molar-refractivity contribution in [1.29, 1.82) is 0 Å². The fourth-order valence-electron chi connectivity index (χ4n) is 5.15. The first-order chi connectivity index (χ1) is 16.7. The fraction of sp³-hybridized carbons (Fsp3) is 0.333. The van der Waals surface area contributed by atoms with Crippen molar-refractivity contribution in [3.8, 4) is 0 Å². The van der Waals surface area contributed by atoms with Crippen LogP contribution >= 0.6 is 23.1 Å². The van der Waals surface area contributed by atoms with Crippen LogP contribution in [0.5, 0.6) is 0 Å². The third-order valence-electron chi connectivity index (χ3n) is 7.04. The number of amides is 1. The summed E-state index contributed by atoms with van der Waals surface area (Å²) in [4.78, 5) is 16.2. The topological polar surface area (TPSA) is 56.7 Å². The van der Waals surface area contributed by atoms with Gasteiger partial charge in [0, 0.05) is 43.0 Å². The Bertz CT molecular complexity index is 1450. The highest BCUT2D eigenvalue weighted by atomic mass is 35.5. The zero-order valence-corrected chi connectivity index (χ0v) is 21.2. The lowest BCUT2D eigenvalue weighted by Crippen LogP contribution is -2.56. The number of hydrogen-bond donors (Lipinski definition) is 1. The predicted octanol–water partition coefficient (Wildman–Crippen LogP) is 3.80. The number of rotatable bonds is 4. The highest BCUT2D eigenvalue weighted by Crippen LogP contribution is 2.43. The van der Waals surface area contributed by atoms with E-state index in [1.807, 2.05) is 30.3 Å². The minimum atomic E-state index is -1.56. The van der Waals surface area contributed by atoms with E-state index in [2.05, 4.69) is 29.7 Å². The third-order valence-corrected chi connectivity index (χ3v) is 8.24. The number of aromatic nitrogens is 1. The molecule has 2 atom stereocenters. The van der Waals surface area contributed by atoms with Gasteiger partial charge in [0.1, 0.15) is 16.1 Å². The number of halogens is 2. The van der Waals surface area contributed by atoms with Gasteiger partial charge in [0.05, 0.1) is 5.02 Å². The summed E-state index contributed by atoms with van der Waals surface area (Å²) >= 11 is 7.89. The summed E-state index contributed by atoms with van der Waals surface area (Å²) in [5.41, 5.74) is -1.31. The molecule has 1 N–H and O–H groups in total. The second-order valence-corrected chi connectivity index (χ2v) is 10.7. The van der Waals surface area contributed by atoms with Crippen molar-refractivity contribution in [2.75, 3.05) is 24.5 Å². The predicted molar refractivity (Wildman–Crippen MR) is 140 cm³/mol. The molecule has 3 aromatic rings. The summed E-state index contributed by atoms with van der Waals surface area (Å²) in [5.74, 6) is -0.429. The molecule has 5 rings (SSSR count). The Morgan fingerprint density at radius 3 is 2.80 bits per heavy atom. The highest BCUT2D eigenvalue weighted by molar-refractivity contribution is 7.11. The van der Waals surface area contributed by atoms with E-state index in [4.69, 9.17) is 11.6 Å². The summed E-state index contributed by atoms with van der Waals surface area (Å²) in [7, 11) is 0. The van der Waals surface area contributed by atoms with Gasteiger partial charge >= 0.3 is 0 Å². The molecule has 2 aromatic carbocycles. The first-order valence-electron chi connectivity index (χ1n) is 11.7. The maximum atomic E-state index is 16.0. The van der Waals surface area contributed by atoms with Gasteiger partial charge in [-0.05, 0) is 46.1 Å². The molecule has 35 heavy (non-hydrogen) atoms. The molecule has 1 aliphatic carbocycles. The number of aliphatic hydroxyl groups is 1. The lowest BCUT2D eigenvalue weighted by Gasteiger charge is -2.43. The number of hydrogen-bond acceptors (Lipinski definition) is 5. The van der Waals surface area contributed by atoms with E-state index in [-0.39, 0.29) is 40.4 Å². The number of nitrogens with zero attached hydrogens (tertiary/aromatic N) is 3. The average Bonchev–Trinajstić information content (AvgIpc) is 3.26. The summed E-state index contributed by atoms with van der Waals surface area (Å²) in [5, 5.41) is 15.0. The molecule has 1 aliphatic heterocycles. The van der Waals surface area contributed by atoms with Gasteiger partial charge in [-0.2, -0.15) is 4.37 Å². The number of benzene rings is 2. The van der Waals surface area contributed by atoms with E-state index in [9.17, 15) is 9.90 Å². The Morgan fingerprint density at radius 2 is 2.09 bits per heavy atom. The molecule has 8 heteroatoms. The average molecular weight is 512 g/mol. The maximum Gasteiger partial charge on any atom is 0.246 e. The van der Waals surface area contributed by atoms with Crippen molar-refractivity contribution in [1.82, 2.24) is 9.27 Å². The van der Waals surface area contributed by atoms with E-state index < -0.39 is 11.4 Å². The fourth-order valence-corrected chi connectivity index (χ4v) is 6.45. The SMILES string of the molecule is C=CC(=O)N1CCN(c2snc3c(F)c(C4(O)C=c5ccccc5=CC4)c(Cl)cc23)C(C(C)C)C1. The van der Waals surface area contributed by atoms with E-state index in [1.54, 1.807) is 17.0 Å². The summed E-state index contributed by atoms with van der Waals surface area (Å²) in [6, 6.07) is 9.44. The van der Waals surface area contributed by atoms with Crippen LogP contribution < -0.4 is 15.3 Å². The molecule has 0 bridgehead atoms. The van der Waals surface area contributed by atoms with Crippen molar-refractivity contribution in [2.45, 2.75) is 31.9 Å². The van der Waals surface area contributed by atoms with Gasteiger partial charge in [-0.25, -0.2) is 4.39 Å². The second kappa shape index (κ2) is 9.04. The van der Waals surface area contributed by atoms with Crippen molar-refractivity contribution < 1.29 is 14.3 Å². The van der Waals surface area contributed by atoms with Crippen LogP contribution in [0.25, 0.3) is 23.1 Å². The molecule has 2 heterocycles. The molecule has 1 fully saturated rings. The Kier molecular flexibility index (Phi) is 6.20. The van der Waals surface area contributed by atoms with Crippen LogP contribution in [0.4, 0.5) is 9.39 Å². The molecule has 2 unspecified atom stereocenters. The van der Waals surface area contributed by atoms with Crippen LogP contribution in [-0.4, -0.2) is 46.0 Å². The highest BCUT2D eigenvalue weighted by Gasteiger charge is 2.37. The van der Waals surface area contributed by atoms with Gasteiger partial charge in [0.25, 0.3) is 0 Å². The van der Waals surface area contributed by atoms with Gasteiger partial charge < -0.3 is 14.9 Å².